The third kappa shape index (κ3) is 4.84. The first-order valence-electron chi connectivity index (χ1n) is 9.53. The number of methoxy groups -OCH3 is 1. The summed E-state index contributed by atoms with van der Waals surface area (Å²) >= 11 is 0. The second-order valence-corrected chi connectivity index (χ2v) is 9.25. The molecule has 0 radical (unpaired) electrons. The quantitative estimate of drug-likeness (QED) is 0.672. The zero-order chi connectivity index (χ0) is 21.1. The molecule has 2 rings (SSSR count). The summed E-state index contributed by atoms with van der Waals surface area (Å²) in [7, 11) is -2.31. The number of nitrogens with zero attached hydrogens (tertiary/aromatic N) is 2. The predicted octanol–water partition coefficient (Wildman–Crippen LogP) is 2.26. The number of esters is 1. The summed E-state index contributed by atoms with van der Waals surface area (Å²) < 4.78 is 31.4. The van der Waals surface area contributed by atoms with Crippen LogP contribution in [0.4, 0.5) is 5.69 Å². The van der Waals surface area contributed by atoms with Crippen LogP contribution >= 0.6 is 0 Å². The topological polar surface area (TPSA) is 84.0 Å². The van der Waals surface area contributed by atoms with Gasteiger partial charge in [0.2, 0.25) is 15.9 Å². The van der Waals surface area contributed by atoms with Crippen molar-refractivity contribution < 1.29 is 22.7 Å². The number of ether oxygens (including phenoxy) is 1. The molecular weight excluding hydrogens is 380 g/mol. The molecule has 0 aromatic heterocycles. The van der Waals surface area contributed by atoms with E-state index in [9.17, 15) is 18.0 Å². The number of carbonyl (C=O) groups is 2. The highest BCUT2D eigenvalue weighted by Gasteiger charge is 2.37. The number of rotatable bonds is 6. The molecule has 1 saturated heterocycles. The highest BCUT2D eigenvalue weighted by molar-refractivity contribution is 7.92. The fourth-order valence-corrected chi connectivity index (χ4v) is 4.94. The lowest BCUT2D eigenvalue weighted by molar-refractivity contribution is -0.149. The molecule has 1 unspecified atom stereocenters. The first-order valence-corrected chi connectivity index (χ1v) is 11.4. The second-order valence-electron chi connectivity index (χ2n) is 7.40. The van der Waals surface area contributed by atoms with E-state index in [1.165, 1.54) is 11.4 Å². The summed E-state index contributed by atoms with van der Waals surface area (Å²) in [6.07, 6.45) is 2.54. The Morgan fingerprint density at radius 2 is 1.86 bits per heavy atom. The van der Waals surface area contributed by atoms with Crippen molar-refractivity contribution in [2.24, 2.45) is 5.92 Å². The van der Waals surface area contributed by atoms with Crippen molar-refractivity contribution in [2.75, 3.05) is 30.8 Å². The van der Waals surface area contributed by atoms with Gasteiger partial charge >= 0.3 is 5.97 Å². The molecule has 8 heteroatoms. The molecule has 1 aromatic rings. The van der Waals surface area contributed by atoms with Gasteiger partial charge in [-0.15, -0.1) is 0 Å². The third-order valence-electron chi connectivity index (χ3n) is 5.26. The number of sulfonamides is 1. The lowest BCUT2D eigenvalue weighted by Gasteiger charge is -2.37. The maximum Gasteiger partial charge on any atom is 0.308 e. The summed E-state index contributed by atoms with van der Waals surface area (Å²) in [5.74, 6) is -0.691. The zero-order valence-corrected chi connectivity index (χ0v) is 18.1. The molecule has 1 fully saturated rings. The zero-order valence-electron chi connectivity index (χ0n) is 17.3. The maximum atomic E-state index is 13.2. The van der Waals surface area contributed by atoms with Crippen LogP contribution in [0.5, 0.6) is 0 Å². The minimum atomic E-state index is -3.67. The molecule has 0 saturated carbocycles. The fourth-order valence-electron chi connectivity index (χ4n) is 3.69. The Labute approximate surface area is 167 Å². The van der Waals surface area contributed by atoms with E-state index in [-0.39, 0.29) is 17.8 Å². The van der Waals surface area contributed by atoms with E-state index >= 15 is 0 Å². The Hall–Kier alpha value is -2.09. The van der Waals surface area contributed by atoms with Crippen molar-refractivity contribution in [3.05, 3.63) is 29.3 Å². The van der Waals surface area contributed by atoms with Crippen LogP contribution in [0, 0.1) is 19.8 Å². The van der Waals surface area contributed by atoms with Crippen LogP contribution in [-0.2, 0) is 24.3 Å². The van der Waals surface area contributed by atoms with E-state index in [2.05, 4.69) is 0 Å². The Morgan fingerprint density at radius 3 is 2.36 bits per heavy atom. The molecule has 0 N–H and O–H groups in total. The first-order chi connectivity index (χ1) is 13.1. The molecule has 0 aliphatic carbocycles. The fraction of sp³-hybridized carbons (Fsp3) is 0.600. The lowest BCUT2D eigenvalue weighted by atomic mass is 9.96. The van der Waals surface area contributed by atoms with Crippen LogP contribution in [0.15, 0.2) is 18.2 Å². The number of hydrogen-bond donors (Lipinski definition) is 0. The number of benzene rings is 1. The van der Waals surface area contributed by atoms with Gasteiger partial charge in [-0.1, -0.05) is 19.1 Å². The molecule has 7 nitrogen and oxygen atoms in total. The van der Waals surface area contributed by atoms with Gasteiger partial charge in [0, 0.05) is 13.1 Å². The van der Waals surface area contributed by atoms with E-state index in [0.29, 0.717) is 38.0 Å². The van der Waals surface area contributed by atoms with Gasteiger partial charge in [-0.2, -0.15) is 0 Å². The molecule has 28 heavy (non-hydrogen) atoms. The SMILES string of the molecule is CCC(C(=O)N1CCC(C(=O)OC)CC1)N(c1cc(C)ccc1C)S(C)(=O)=O. The molecule has 1 atom stereocenters. The molecule has 1 aliphatic rings. The van der Waals surface area contributed by atoms with Crippen molar-refractivity contribution in [3.8, 4) is 0 Å². The third-order valence-corrected chi connectivity index (χ3v) is 6.42. The Kier molecular flexibility index (Phi) is 7.09. The van der Waals surface area contributed by atoms with Crippen LogP contribution in [0.3, 0.4) is 0 Å². The van der Waals surface area contributed by atoms with Crippen molar-refractivity contribution in [1.82, 2.24) is 4.90 Å². The standard InChI is InChI=1S/C20H30N2O5S/c1-6-17(19(23)21-11-9-16(10-12-21)20(24)27-4)22(28(5,25)26)18-13-14(2)7-8-15(18)3/h7-8,13,16-17H,6,9-12H2,1-5H3. The average molecular weight is 411 g/mol. The number of likely N-dealkylation sites (tertiary alicyclic amines) is 1. The van der Waals surface area contributed by atoms with Gasteiger partial charge < -0.3 is 9.64 Å². The highest BCUT2D eigenvalue weighted by atomic mass is 32.2. The van der Waals surface area contributed by atoms with Crippen molar-refractivity contribution in [2.45, 2.75) is 46.1 Å². The molecule has 0 bridgehead atoms. The van der Waals surface area contributed by atoms with E-state index in [1.54, 1.807) is 11.0 Å². The van der Waals surface area contributed by atoms with Crippen LogP contribution in [0.25, 0.3) is 0 Å². The summed E-state index contributed by atoms with van der Waals surface area (Å²) in [6.45, 7) is 6.38. The van der Waals surface area contributed by atoms with Gasteiger partial charge in [0.1, 0.15) is 6.04 Å². The van der Waals surface area contributed by atoms with Gasteiger partial charge in [0.25, 0.3) is 0 Å². The van der Waals surface area contributed by atoms with Crippen LogP contribution < -0.4 is 4.31 Å². The summed E-state index contributed by atoms with van der Waals surface area (Å²) in [5.41, 5.74) is 2.26. The Morgan fingerprint density at radius 1 is 1.25 bits per heavy atom. The van der Waals surface area contributed by atoms with Crippen LogP contribution in [0.2, 0.25) is 0 Å². The second kappa shape index (κ2) is 8.94. The normalized spacial score (nSPS) is 16.5. The van der Waals surface area contributed by atoms with E-state index < -0.39 is 16.1 Å². The average Bonchev–Trinajstić information content (AvgIpc) is 2.66. The minimum absolute atomic E-state index is 0.209. The molecular formula is C20H30N2O5S. The van der Waals surface area contributed by atoms with E-state index in [4.69, 9.17) is 4.74 Å². The molecule has 1 aromatic carbocycles. The van der Waals surface area contributed by atoms with Gasteiger partial charge in [-0.05, 0) is 50.3 Å². The van der Waals surface area contributed by atoms with E-state index in [0.717, 1.165) is 17.4 Å². The summed E-state index contributed by atoms with van der Waals surface area (Å²) in [5, 5.41) is 0. The largest absolute Gasteiger partial charge is 0.469 e. The number of amides is 1. The van der Waals surface area contributed by atoms with Gasteiger partial charge in [0.15, 0.2) is 0 Å². The monoisotopic (exact) mass is 410 g/mol. The van der Waals surface area contributed by atoms with Gasteiger partial charge in [-0.3, -0.25) is 13.9 Å². The number of anilines is 1. The van der Waals surface area contributed by atoms with E-state index in [1.807, 2.05) is 32.9 Å². The van der Waals surface area contributed by atoms with Crippen LogP contribution in [0.1, 0.15) is 37.3 Å². The Balaban J connectivity index is 2.31. The van der Waals surface area contributed by atoms with Crippen molar-refractivity contribution in [3.63, 3.8) is 0 Å². The minimum Gasteiger partial charge on any atom is -0.469 e. The number of aryl methyl sites for hydroxylation is 2. The molecule has 0 spiro atoms. The first kappa shape index (κ1) is 22.2. The summed E-state index contributed by atoms with van der Waals surface area (Å²) in [4.78, 5) is 26.6. The lowest BCUT2D eigenvalue weighted by Crippen LogP contribution is -2.53. The molecule has 1 amide bonds. The van der Waals surface area contributed by atoms with Crippen LogP contribution in [-0.4, -0.2) is 57.7 Å². The smallest absolute Gasteiger partial charge is 0.308 e. The maximum absolute atomic E-state index is 13.2. The number of piperidine rings is 1. The van der Waals surface area contributed by atoms with Gasteiger partial charge in [-0.25, -0.2) is 8.42 Å². The highest BCUT2D eigenvalue weighted by Crippen LogP contribution is 2.29. The molecule has 1 aliphatic heterocycles. The van der Waals surface area contributed by atoms with Gasteiger partial charge in [0.05, 0.1) is 25.0 Å². The van der Waals surface area contributed by atoms with Crippen molar-refractivity contribution in [1.29, 1.82) is 0 Å². The Bertz CT molecular complexity index is 829. The predicted molar refractivity (Wildman–Crippen MR) is 109 cm³/mol. The number of hydrogen-bond acceptors (Lipinski definition) is 5. The van der Waals surface area contributed by atoms with Crippen molar-refractivity contribution >= 4 is 27.6 Å². The molecule has 1 heterocycles. The molecule has 156 valence electrons. The number of carbonyl (C=O) groups excluding carboxylic acids is 2. The summed E-state index contributed by atoms with van der Waals surface area (Å²) in [6, 6.07) is 4.77.